The van der Waals surface area contributed by atoms with Gasteiger partial charge >= 0.3 is 0 Å². The van der Waals surface area contributed by atoms with Crippen LogP contribution in [-0.2, 0) is 6.54 Å². The van der Waals surface area contributed by atoms with E-state index in [9.17, 15) is 0 Å². The van der Waals surface area contributed by atoms with Gasteiger partial charge in [0.1, 0.15) is 0 Å². The molecule has 2 rings (SSSR count). The van der Waals surface area contributed by atoms with Crippen LogP contribution in [0.15, 0.2) is 24.3 Å². The lowest BCUT2D eigenvalue weighted by molar-refractivity contribution is 0.657. The van der Waals surface area contributed by atoms with E-state index in [1.807, 2.05) is 0 Å². The van der Waals surface area contributed by atoms with Crippen LogP contribution in [0.25, 0.3) is 10.9 Å². The lowest BCUT2D eigenvalue weighted by Gasteiger charge is -2.05. The highest BCUT2D eigenvalue weighted by atomic mass is 14.8. The van der Waals surface area contributed by atoms with Crippen molar-refractivity contribution in [3.8, 4) is 0 Å². The first-order valence-corrected chi connectivity index (χ1v) is 6.73. The van der Waals surface area contributed by atoms with Gasteiger partial charge in [-0.05, 0) is 43.1 Å². The van der Waals surface area contributed by atoms with Gasteiger partial charge in [-0.15, -0.1) is 0 Å². The first-order chi connectivity index (χ1) is 8.72. The topological polar surface area (TPSA) is 53.8 Å². The molecule has 1 aromatic carbocycles. The summed E-state index contributed by atoms with van der Waals surface area (Å²) in [5.41, 5.74) is 9.38. The molecule has 0 fully saturated rings. The molecule has 0 spiro atoms. The molecule has 3 nitrogen and oxygen atoms in total. The summed E-state index contributed by atoms with van der Waals surface area (Å²) in [6.45, 7) is 7.06. The molecule has 0 amide bonds. The number of aromatic nitrogens is 1. The van der Waals surface area contributed by atoms with Crippen LogP contribution in [0.5, 0.6) is 0 Å². The Bertz CT molecular complexity index is 499. The van der Waals surface area contributed by atoms with Crippen LogP contribution < -0.4 is 11.1 Å². The largest absolute Gasteiger partial charge is 0.358 e. The smallest absolute Gasteiger partial charge is 0.0459 e. The highest BCUT2D eigenvalue weighted by Gasteiger charge is 2.07. The van der Waals surface area contributed by atoms with Crippen LogP contribution in [0.4, 0.5) is 0 Å². The molecule has 0 atom stereocenters. The third-order valence-corrected chi connectivity index (χ3v) is 3.27. The summed E-state index contributed by atoms with van der Waals surface area (Å²) in [5.74, 6) is 0.537. The number of rotatable bonds is 6. The van der Waals surface area contributed by atoms with E-state index in [1.54, 1.807) is 0 Å². The van der Waals surface area contributed by atoms with Crippen molar-refractivity contribution in [3.63, 3.8) is 0 Å². The van der Waals surface area contributed by atoms with Gasteiger partial charge in [0, 0.05) is 23.1 Å². The van der Waals surface area contributed by atoms with Crippen LogP contribution in [0, 0.1) is 0 Å². The SMILES string of the molecule is CC(C)c1cc2c(CNCCCN)cccc2[nH]1. The Labute approximate surface area is 109 Å². The standard InChI is InChI=1S/C15H23N3/c1-11(2)15-9-13-12(10-17-8-4-7-16)5-3-6-14(13)18-15/h3,5-6,9,11,17-18H,4,7-8,10,16H2,1-2H3. The Morgan fingerprint density at radius 3 is 2.89 bits per heavy atom. The second-order valence-electron chi connectivity index (χ2n) is 5.08. The summed E-state index contributed by atoms with van der Waals surface area (Å²) in [5, 5.41) is 4.77. The molecule has 0 aliphatic heterocycles. The van der Waals surface area contributed by atoms with E-state index in [2.05, 4.69) is 48.4 Å². The zero-order valence-electron chi connectivity index (χ0n) is 11.3. The predicted molar refractivity (Wildman–Crippen MR) is 77.8 cm³/mol. The summed E-state index contributed by atoms with van der Waals surface area (Å²) in [6, 6.07) is 8.73. The Morgan fingerprint density at radius 1 is 1.33 bits per heavy atom. The van der Waals surface area contributed by atoms with Crippen molar-refractivity contribution in [3.05, 3.63) is 35.5 Å². The lowest BCUT2D eigenvalue weighted by Crippen LogP contribution is -2.17. The Morgan fingerprint density at radius 2 is 2.17 bits per heavy atom. The molecule has 2 aromatic rings. The molecule has 3 heteroatoms. The monoisotopic (exact) mass is 245 g/mol. The van der Waals surface area contributed by atoms with Gasteiger partial charge in [0.15, 0.2) is 0 Å². The third kappa shape index (κ3) is 2.92. The van der Waals surface area contributed by atoms with Crippen molar-refractivity contribution in [1.29, 1.82) is 0 Å². The number of nitrogens with two attached hydrogens (primary N) is 1. The first-order valence-electron chi connectivity index (χ1n) is 6.73. The predicted octanol–water partition coefficient (Wildman–Crippen LogP) is 2.73. The van der Waals surface area contributed by atoms with Crippen LogP contribution >= 0.6 is 0 Å². The second kappa shape index (κ2) is 6.03. The molecule has 98 valence electrons. The zero-order chi connectivity index (χ0) is 13.0. The minimum absolute atomic E-state index is 0.537. The van der Waals surface area contributed by atoms with Crippen LogP contribution in [0.1, 0.15) is 37.4 Å². The van der Waals surface area contributed by atoms with Gasteiger partial charge in [0.05, 0.1) is 0 Å². The summed E-state index contributed by atoms with van der Waals surface area (Å²) in [7, 11) is 0. The van der Waals surface area contributed by atoms with E-state index in [0.29, 0.717) is 5.92 Å². The van der Waals surface area contributed by atoms with E-state index >= 15 is 0 Å². The maximum Gasteiger partial charge on any atom is 0.0459 e. The third-order valence-electron chi connectivity index (χ3n) is 3.27. The summed E-state index contributed by atoms with van der Waals surface area (Å²) in [6.07, 6.45) is 1.03. The fraction of sp³-hybridized carbons (Fsp3) is 0.467. The van der Waals surface area contributed by atoms with Crippen LogP contribution in [0.3, 0.4) is 0 Å². The van der Waals surface area contributed by atoms with Crippen LogP contribution in [0.2, 0.25) is 0 Å². The molecule has 0 radical (unpaired) electrons. The quantitative estimate of drug-likeness (QED) is 0.685. The summed E-state index contributed by atoms with van der Waals surface area (Å²) >= 11 is 0. The molecule has 0 unspecified atom stereocenters. The minimum atomic E-state index is 0.537. The van der Waals surface area contributed by atoms with Crippen molar-refractivity contribution < 1.29 is 0 Å². The number of hydrogen-bond acceptors (Lipinski definition) is 2. The normalized spacial score (nSPS) is 11.6. The number of aromatic amines is 1. The minimum Gasteiger partial charge on any atom is -0.358 e. The van der Waals surface area contributed by atoms with Crippen LogP contribution in [-0.4, -0.2) is 18.1 Å². The molecule has 18 heavy (non-hydrogen) atoms. The molecule has 0 aliphatic rings. The number of benzene rings is 1. The Balaban J connectivity index is 2.16. The maximum absolute atomic E-state index is 5.49. The average molecular weight is 245 g/mol. The van der Waals surface area contributed by atoms with Gasteiger partial charge in [-0.3, -0.25) is 0 Å². The molecule has 0 saturated heterocycles. The van der Waals surface area contributed by atoms with Gasteiger partial charge in [-0.25, -0.2) is 0 Å². The van der Waals surface area contributed by atoms with Crippen molar-refractivity contribution in [2.45, 2.75) is 32.7 Å². The molecule has 1 heterocycles. The lowest BCUT2D eigenvalue weighted by atomic mass is 10.1. The van der Waals surface area contributed by atoms with Gasteiger partial charge in [0.2, 0.25) is 0 Å². The first kappa shape index (κ1) is 13.1. The van der Waals surface area contributed by atoms with Gasteiger partial charge in [-0.1, -0.05) is 26.0 Å². The van der Waals surface area contributed by atoms with Crippen molar-refractivity contribution in [2.24, 2.45) is 5.73 Å². The highest BCUT2D eigenvalue weighted by molar-refractivity contribution is 5.84. The van der Waals surface area contributed by atoms with E-state index in [-0.39, 0.29) is 0 Å². The molecular formula is C15H23N3. The van der Waals surface area contributed by atoms with Gasteiger partial charge in [0.25, 0.3) is 0 Å². The molecule has 4 N–H and O–H groups in total. The number of hydrogen-bond donors (Lipinski definition) is 3. The zero-order valence-corrected chi connectivity index (χ0v) is 11.3. The molecule has 0 saturated carbocycles. The Kier molecular flexibility index (Phi) is 4.39. The van der Waals surface area contributed by atoms with Gasteiger partial charge < -0.3 is 16.0 Å². The molecular weight excluding hydrogens is 222 g/mol. The van der Waals surface area contributed by atoms with E-state index in [4.69, 9.17) is 5.73 Å². The fourth-order valence-corrected chi connectivity index (χ4v) is 2.15. The second-order valence-corrected chi connectivity index (χ2v) is 5.08. The number of fused-ring (bicyclic) bond motifs is 1. The average Bonchev–Trinajstić information content (AvgIpc) is 2.79. The van der Waals surface area contributed by atoms with Crippen molar-refractivity contribution in [1.82, 2.24) is 10.3 Å². The van der Waals surface area contributed by atoms with E-state index in [0.717, 1.165) is 26.1 Å². The summed E-state index contributed by atoms with van der Waals surface area (Å²) < 4.78 is 0. The van der Waals surface area contributed by atoms with E-state index < -0.39 is 0 Å². The van der Waals surface area contributed by atoms with E-state index in [1.165, 1.54) is 22.2 Å². The summed E-state index contributed by atoms with van der Waals surface area (Å²) in [4.78, 5) is 3.49. The molecule has 0 aliphatic carbocycles. The molecule has 1 aromatic heterocycles. The fourth-order valence-electron chi connectivity index (χ4n) is 2.15. The highest BCUT2D eigenvalue weighted by Crippen LogP contribution is 2.23. The number of H-pyrrole nitrogens is 1. The van der Waals surface area contributed by atoms with Crippen molar-refractivity contribution >= 4 is 10.9 Å². The number of nitrogens with one attached hydrogen (secondary N) is 2. The van der Waals surface area contributed by atoms with Gasteiger partial charge in [-0.2, -0.15) is 0 Å². The Hall–Kier alpha value is -1.32. The molecule has 0 bridgehead atoms. The van der Waals surface area contributed by atoms with Crippen molar-refractivity contribution in [2.75, 3.05) is 13.1 Å². The maximum atomic E-state index is 5.49.